The second kappa shape index (κ2) is 4.27. The lowest BCUT2D eigenvalue weighted by molar-refractivity contribution is 0.313. The van der Waals surface area contributed by atoms with Gasteiger partial charge in [-0.25, -0.2) is 0 Å². The number of hydrogen-bond acceptors (Lipinski definition) is 1. The van der Waals surface area contributed by atoms with Crippen LogP contribution in [0.1, 0.15) is 24.2 Å². The first-order valence-electron chi connectivity index (χ1n) is 5.79. The average Bonchev–Trinajstić information content (AvgIpc) is 3.03. The lowest BCUT2D eigenvalue weighted by atomic mass is 9.93. The zero-order chi connectivity index (χ0) is 12.8. The van der Waals surface area contributed by atoms with Crippen molar-refractivity contribution in [3.8, 4) is 0 Å². The normalized spacial score (nSPS) is 26.1. The van der Waals surface area contributed by atoms with Gasteiger partial charge < -0.3 is 4.74 Å². The predicted molar refractivity (Wildman–Crippen MR) is 74.1 cm³/mol. The molecule has 0 aromatic heterocycles. The van der Waals surface area contributed by atoms with Gasteiger partial charge in [0.25, 0.3) is 0 Å². The van der Waals surface area contributed by atoms with Crippen LogP contribution in [0.2, 0.25) is 10.0 Å². The highest BCUT2D eigenvalue weighted by Crippen LogP contribution is 2.58. The summed E-state index contributed by atoms with van der Waals surface area (Å²) in [4.78, 5) is 0. The minimum atomic E-state index is -0.344. The fourth-order valence-corrected chi connectivity index (χ4v) is 2.92. The first-order chi connectivity index (χ1) is 8.61. The molecule has 0 aliphatic carbocycles. The molecular weight excluding hydrogens is 267 g/mol. The fourth-order valence-electron chi connectivity index (χ4n) is 2.32. The van der Waals surface area contributed by atoms with Crippen molar-refractivity contribution in [1.29, 1.82) is 0 Å². The standard InChI is InChI=1S/C15H12Cl2O/c1-15(12-8-7-11(16)9-13(12)17)14(18-15)10-5-3-2-4-6-10/h2-9,14H,1H3/t14-,15+/m0/s1. The third kappa shape index (κ3) is 1.93. The molecule has 0 amide bonds. The summed E-state index contributed by atoms with van der Waals surface area (Å²) in [5.74, 6) is 0. The topological polar surface area (TPSA) is 12.5 Å². The first-order valence-corrected chi connectivity index (χ1v) is 6.55. The molecule has 18 heavy (non-hydrogen) atoms. The Hall–Kier alpha value is -1.02. The van der Waals surface area contributed by atoms with E-state index in [1.807, 2.05) is 30.3 Å². The van der Waals surface area contributed by atoms with Crippen LogP contribution in [-0.2, 0) is 10.3 Å². The molecule has 1 aliphatic rings. The summed E-state index contributed by atoms with van der Waals surface area (Å²) in [5, 5.41) is 1.30. The monoisotopic (exact) mass is 278 g/mol. The molecular formula is C15H12Cl2O. The van der Waals surface area contributed by atoms with E-state index in [-0.39, 0.29) is 11.7 Å². The lowest BCUT2D eigenvalue weighted by Gasteiger charge is -2.09. The lowest BCUT2D eigenvalue weighted by Crippen LogP contribution is -2.05. The number of rotatable bonds is 2. The van der Waals surface area contributed by atoms with E-state index in [0.717, 1.165) is 5.56 Å². The van der Waals surface area contributed by atoms with Crippen LogP contribution < -0.4 is 0 Å². The largest absolute Gasteiger partial charge is 0.356 e. The number of halogens is 2. The minimum Gasteiger partial charge on any atom is -0.356 e. The number of hydrogen-bond donors (Lipinski definition) is 0. The van der Waals surface area contributed by atoms with Crippen molar-refractivity contribution in [2.24, 2.45) is 0 Å². The molecule has 1 fully saturated rings. The van der Waals surface area contributed by atoms with E-state index in [0.29, 0.717) is 10.0 Å². The molecule has 0 bridgehead atoms. The van der Waals surface area contributed by atoms with Crippen LogP contribution in [0.25, 0.3) is 0 Å². The van der Waals surface area contributed by atoms with Crippen LogP contribution in [0.3, 0.4) is 0 Å². The molecule has 2 aromatic rings. The molecule has 0 N–H and O–H groups in total. The van der Waals surface area contributed by atoms with Gasteiger partial charge in [0, 0.05) is 15.6 Å². The van der Waals surface area contributed by atoms with Gasteiger partial charge in [-0.3, -0.25) is 0 Å². The van der Waals surface area contributed by atoms with Crippen LogP contribution in [0, 0.1) is 0 Å². The van der Waals surface area contributed by atoms with Crippen molar-refractivity contribution in [3.63, 3.8) is 0 Å². The van der Waals surface area contributed by atoms with Crippen molar-refractivity contribution >= 4 is 23.2 Å². The Morgan fingerprint density at radius 1 is 1.06 bits per heavy atom. The summed E-state index contributed by atoms with van der Waals surface area (Å²) >= 11 is 12.2. The number of ether oxygens (including phenoxy) is 1. The molecule has 0 radical (unpaired) electrons. The van der Waals surface area contributed by atoms with Crippen LogP contribution in [-0.4, -0.2) is 0 Å². The maximum atomic E-state index is 6.24. The molecule has 3 rings (SSSR count). The van der Waals surface area contributed by atoms with E-state index < -0.39 is 0 Å². The first kappa shape index (κ1) is 12.0. The molecule has 0 unspecified atom stereocenters. The number of epoxide rings is 1. The average molecular weight is 279 g/mol. The van der Waals surface area contributed by atoms with Crippen molar-refractivity contribution in [1.82, 2.24) is 0 Å². The molecule has 1 heterocycles. The van der Waals surface area contributed by atoms with Gasteiger partial charge in [-0.05, 0) is 24.6 Å². The third-order valence-electron chi connectivity index (χ3n) is 3.37. The van der Waals surface area contributed by atoms with Gasteiger partial charge in [0.2, 0.25) is 0 Å². The highest BCUT2D eigenvalue weighted by atomic mass is 35.5. The smallest absolute Gasteiger partial charge is 0.123 e. The minimum absolute atomic E-state index is 0.0670. The van der Waals surface area contributed by atoms with E-state index in [2.05, 4.69) is 19.1 Å². The second-order valence-corrected chi connectivity index (χ2v) is 5.48. The Balaban J connectivity index is 1.95. The summed E-state index contributed by atoms with van der Waals surface area (Å²) < 4.78 is 5.87. The Morgan fingerprint density at radius 3 is 2.44 bits per heavy atom. The van der Waals surface area contributed by atoms with Gasteiger partial charge in [-0.2, -0.15) is 0 Å². The quantitative estimate of drug-likeness (QED) is 0.706. The molecule has 2 aromatic carbocycles. The van der Waals surface area contributed by atoms with Crippen LogP contribution in [0.5, 0.6) is 0 Å². The van der Waals surface area contributed by atoms with Gasteiger partial charge in [0.05, 0.1) is 0 Å². The molecule has 2 atom stereocenters. The van der Waals surface area contributed by atoms with E-state index in [1.54, 1.807) is 6.07 Å². The summed E-state index contributed by atoms with van der Waals surface area (Å²) in [7, 11) is 0. The molecule has 0 saturated carbocycles. The van der Waals surface area contributed by atoms with E-state index in [1.165, 1.54) is 5.56 Å². The Kier molecular flexibility index (Phi) is 2.86. The molecule has 0 spiro atoms. The Morgan fingerprint density at radius 2 is 1.78 bits per heavy atom. The highest BCUT2D eigenvalue weighted by molar-refractivity contribution is 6.35. The second-order valence-electron chi connectivity index (χ2n) is 4.64. The Bertz CT molecular complexity index is 582. The predicted octanol–water partition coefficient (Wildman–Crippen LogP) is 4.98. The van der Waals surface area contributed by atoms with Crippen molar-refractivity contribution < 1.29 is 4.74 Å². The van der Waals surface area contributed by atoms with Gasteiger partial charge in [-0.1, -0.05) is 59.6 Å². The van der Waals surface area contributed by atoms with Gasteiger partial charge in [0.15, 0.2) is 0 Å². The molecule has 1 aliphatic heterocycles. The summed E-state index contributed by atoms with van der Waals surface area (Å²) in [6, 6.07) is 15.7. The van der Waals surface area contributed by atoms with E-state index in [4.69, 9.17) is 27.9 Å². The maximum absolute atomic E-state index is 6.24. The van der Waals surface area contributed by atoms with Crippen molar-refractivity contribution in [2.45, 2.75) is 18.6 Å². The SMILES string of the molecule is C[C@]1(c2ccc(Cl)cc2Cl)O[C@H]1c1ccccc1. The van der Waals surface area contributed by atoms with Gasteiger partial charge in [0.1, 0.15) is 11.7 Å². The van der Waals surface area contributed by atoms with Crippen molar-refractivity contribution in [2.75, 3.05) is 0 Å². The Labute approximate surface area is 116 Å². The zero-order valence-corrected chi connectivity index (χ0v) is 11.4. The van der Waals surface area contributed by atoms with Gasteiger partial charge in [-0.15, -0.1) is 0 Å². The number of benzene rings is 2. The third-order valence-corrected chi connectivity index (χ3v) is 3.92. The summed E-state index contributed by atoms with van der Waals surface area (Å²) in [5.41, 5.74) is 1.82. The van der Waals surface area contributed by atoms with E-state index >= 15 is 0 Å². The molecule has 92 valence electrons. The highest BCUT2D eigenvalue weighted by Gasteiger charge is 2.55. The van der Waals surface area contributed by atoms with Gasteiger partial charge >= 0.3 is 0 Å². The molecule has 3 heteroatoms. The van der Waals surface area contributed by atoms with Crippen LogP contribution >= 0.6 is 23.2 Å². The van der Waals surface area contributed by atoms with E-state index in [9.17, 15) is 0 Å². The fraction of sp³-hybridized carbons (Fsp3) is 0.200. The zero-order valence-electron chi connectivity index (χ0n) is 9.86. The summed E-state index contributed by atoms with van der Waals surface area (Å²) in [6.07, 6.45) is 0.0670. The van der Waals surface area contributed by atoms with Crippen molar-refractivity contribution in [3.05, 3.63) is 69.7 Å². The maximum Gasteiger partial charge on any atom is 0.123 e. The molecule has 1 saturated heterocycles. The van der Waals surface area contributed by atoms with Crippen LogP contribution in [0.15, 0.2) is 48.5 Å². The molecule has 1 nitrogen and oxygen atoms in total. The summed E-state index contributed by atoms with van der Waals surface area (Å²) in [6.45, 7) is 2.06. The van der Waals surface area contributed by atoms with Crippen LogP contribution in [0.4, 0.5) is 0 Å².